The second kappa shape index (κ2) is 5.84. The van der Waals surface area contributed by atoms with Crippen LogP contribution in [-0.4, -0.2) is 12.9 Å². The molecule has 2 rings (SSSR count). The van der Waals surface area contributed by atoms with Crippen molar-refractivity contribution in [2.24, 2.45) is 0 Å². The number of hydrogen-bond acceptors (Lipinski definition) is 2. The van der Waals surface area contributed by atoms with Gasteiger partial charge in [0, 0.05) is 4.47 Å². The molecule has 19 heavy (non-hydrogen) atoms. The monoisotopic (exact) mass is 386 g/mol. The number of hydrogen-bond donors (Lipinski definition) is 0. The standard InChI is InChI=1S/C14H9Br2FO2/c1-19-12-6-5-8(15)7-10(12)14(18)9-3-2-4-11(16)13(9)17/h2-7H,1H3. The Hall–Kier alpha value is -1.20. The lowest BCUT2D eigenvalue weighted by Gasteiger charge is -2.09. The van der Waals surface area contributed by atoms with Crippen LogP contribution in [0.25, 0.3) is 0 Å². The topological polar surface area (TPSA) is 26.3 Å². The Balaban J connectivity index is 2.56. The number of carbonyl (C=O) groups excluding carboxylic acids is 1. The van der Waals surface area contributed by atoms with Crippen molar-refractivity contribution in [3.8, 4) is 5.75 Å². The van der Waals surface area contributed by atoms with E-state index in [4.69, 9.17) is 4.74 Å². The lowest BCUT2D eigenvalue weighted by atomic mass is 10.0. The van der Waals surface area contributed by atoms with E-state index in [0.717, 1.165) is 4.47 Å². The summed E-state index contributed by atoms with van der Waals surface area (Å²) in [7, 11) is 1.47. The number of rotatable bonds is 3. The maximum atomic E-state index is 14.0. The molecule has 2 nitrogen and oxygen atoms in total. The van der Waals surface area contributed by atoms with Crippen LogP contribution >= 0.6 is 31.9 Å². The van der Waals surface area contributed by atoms with Gasteiger partial charge >= 0.3 is 0 Å². The van der Waals surface area contributed by atoms with Crippen molar-refractivity contribution >= 4 is 37.6 Å². The molecule has 0 amide bonds. The molecule has 0 spiro atoms. The van der Waals surface area contributed by atoms with E-state index in [-0.39, 0.29) is 10.0 Å². The highest BCUT2D eigenvalue weighted by molar-refractivity contribution is 9.10. The van der Waals surface area contributed by atoms with E-state index in [1.165, 1.54) is 13.2 Å². The maximum Gasteiger partial charge on any atom is 0.199 e. The van der Waals surface area contributed by atoms with E-state index in [1.807, 2.05) is 0 Å². The van der Waals surface area contributed by atoms with Crippen molar-refractivity contribution in [2.45, 2.75) is 0 Å². The molecule has 0 aromatic heterocycles. The SMILES string of the molecule is COc1ccc(Br)cc1C(=O)c1cccc(Br)c1F. The van der Waals surface area contributed by atoms with Gasteiger partial charge in [-0.05, 0) is 46.3 Å². The summed E-state index contributed by atoms with van der Waals surface area (Å²) in [6.45, 7) is 0. The van der Waals surface area contributed by atoms with Gasteiger partial charge in [0.05, 0.1) is 22.7 Å². The Labute approximate surface area is 126 Å². The lowest BCUT2D eigenvalue weighted by molar-refractivity contribution is 0.103. The fraction of sp³-hybridized carbons (Fsp3) is 0.0714. The highest BCUT2D eigenvalue weighted by Crippen LogP contribution is 2.28. The Morgan fingerprint density at radius 2 is 1.89 bits per heavy atom. The van der Waals surface area contributed by atoms with Gasteiger partial charge in [-0.1, -0.05) is 22.0 Å². The summed E-state index contributed by atoms with van der Waals surface area (Å²) in [4.78, 5) is 12.4. The van der Waals surface area contributed by atoms with Crippen LogP contribution < -0.4 is 4.74 Å². The molecular formula is C14H9Br2FO2. The maximum absolute atomic E-state index is 14.0. The summed E-state index contributed by atoms with van der Waals surface area (Å²) in [6.07, 6.45) is 0. The average molecular weight is 388 g/mol. The quantitative estimate of drug-likeness (QED) is 0.720. The third-order valence-corrected chi connectivity index (χ3v) is 3.71. The molecule has 2 aromatic rings. The van der Waals surface area contributed by atoms with Crippen LogP contribution in [0.5, 0.6) is 5.75 Å². The molecule has 0 saturated carbocycles. The minimum absolute atomic E-state index is 0.00535. The number of carbonyl (C=O) groups is 1. The molecule has 0 fully saturated rings. The molecule has 0 radical (unpaired) electrons. The lowest BCUT2D eigenvalue weighted by Crippen LogP contribution is -2.06. The first-order valence-electron chi connectivity index (χ1n) is 5.37. The first-order valence-corrected chi connectivity index (χ1v) is 6.95. The summed E-state index contributed by atoms with van der Waals surface area (Å²) in [5.41, 5.74) is 0.319. The molecule has 98 valence electrons. The Bertz CT molecular complexity index is 641. The summed E-state index contributed by atoms with van der Waals surface area (Å²) in [5.74, 6) is -0.584. The molecule has 0 aliphatic carbocycles. The normalized spacial score (nSPS) is 10.3. The molecule has 0 atom stereocenters. The van der Waals surface area contributed by atoms with Crippen LogP contribution in [-0.2, 0) is 0 Å². The summed E-state index contributed by atoms with van der Waals surface area (Å²) in [5, 5.41) is 0. The van der Waals surface area contributed by atoms with Gasteiger partial charge in [0.25, 0.3) is 0 Å². The highest BCUT2D eigenvalue weighted by Gasteiger charge is 2.19. The summed E-state index contributed by atoms with van der Waals surface area (Å²) < 4.78 is 20.1. The average Bonchev–Trinajstić information content (AvgIpc) is 2.41. The van der Waals surface area contributed by atoms with Gasteiger partial charge in [-0.15, -0.1) is 0 Å². The van der Waals surface area contributed by atoms with Crippen molar-refractivity contribution in [1.82, 2.24) is 0 Å². The number of halogens is 3. The number of ether oxygens (including phenoxy) is 1. The van der Waals surface area contributed by atoms with E-state index in [1.54, 1.807) is 30.3 Å². The van der Waals surface area contributed by atoms with Gasteiger partial charge in [0.1, 0.15) is 11.6 Å². The fourth-order valence-corrected chi connectivity index (χ4v) is 2.41. The first-order chi connectivity index (χ1) is 9.04. The minimum atomic E-state index is -0.575. The third-order valence-electron chi connectivity index (χ3n) is 2.60. The van der Waals surface area contributed by atoms with Crippen LogP contribution in [0, 0.1) is 5.82 Å². The number of methoxy groups -OCH3 is 1. The van der Waals surface area contributed by atoms with Gasteiger partial charge in [-0.25, -0.2) is 4.39 Å². The molecule has 2 aromatic carbocycles. The second-order valence-corrected chi connectivity index (χ2v) is 5.55. The smallest absolute Gasteiger partial charge is 0.199 e. The molecule has 0 bridgehead atoms. The van der Waals surface area contributed by atoms with Gasteiger partial charge < -0.3 is 4.74 Å². The first kappa shape index (κ1) is 14.2. The van der Waals surface area contributed by atoms with Gasteiger partial charge in [0.2, 0.25) is 0 Å². The second-order valence-electron chi connectivity index (χ2n) is 3.78. The van der Waals surface area contributed by atoms with E-state index in [9.17, 15) is 9.18 Å². The summed E-state index contributed by atoms with van der Waals surface area (Å²) in [6, 6.07) is 9.64. The number of ketones is 1. The molecular weight excluding hydrogens is 379 g/mol. The van der Waals surface area contributed by atoms with Crippen molar-refractivity contribution < 1.29 is 13.9 Å². The van der Waals surface area contributed by atoms with Crippen LogP contribution in [0.15, 0.2) is 45.3 Å². The van der Waals surface area contributed by atoms with E-state index < -0.39 is 11.6 Å². The highest BCUT2D eigenvalue weighted by atomic mass is 79.9. The van der Waals surface area contributed by atoms with Crippen LogP contribution in [0.3, 0.4) is 0 Å². The van der Waals surface area contributed by atoms with E-state index in [2.05, 4.69) is 31.9 Å². The minimum Gasteiger partial charge on any atom is -0.496 e. The molecule has 0 aliphatic rings. The zero-order valence-electron chi connectivity index (χ0n) is 9.91. The molecule has 0 aliphatic heterocycles. The van der Waals surface area contributed by atoms with Crippen molar-refractivity contribution in [1.29, 1.82) is 0 Å². The fourth-order valence-electron chi connectivity index (χ4n) is 1.68. The predicted octanol–water partition coefficient (Wildman–Crippen LogP) is 4.59. The van der Waals surface area contributed by atoms with E-state index >= 15 is 0 Å². The van der Waals surface area contributed by atoms with Gasteiger partial charge in [-0.2, -0.15) is 0 Å². The molecule has 5 heteroatoms. The van der Waals surface area contributed by atoms with Crippen LogP contribution in [0.1, 0.15) is 15.9 Å². The van der Waals surface area contributed by atoms with Crippen LogP contribution in [0.4, 0.5) is 4.39 Å². The van der Waals surface area contributed by atoms with Crippen molar-refractivity contribution in [2.75, 3.05) is 7.11 Å². The molecule has 0 saturated heterocycles. The Morgan fingerprint density at radius 3 is 2.58 bits per heavy atom. The Morgan fingerprint density at radius 1 is 1.16 bits per heavy atom. The van der Waals surface area contributed by atoms with Crippen molar-refractivity contribution in [3.63, 3.8) is 0 Å². The Kier molecular flexibility index (Phi) is 4.37. The van der Waals surface area contributed by atoms with Gasteiger partial charge in [0.15, 0.2) is 5.78 Å². The largest absolute Gasteiger partial charge is 0.496 e. The zero-order valence-corrected chi connectivity index (χ0v) is 13.1. The molecule has 0 N–H and O–H groups in total. The molecule has 0 unspecified atom stereocenters. The van der Waals surface area contributed by atoms with Crippen LogP contribution in [0.2, 0.25) is 0 Å². The predicted molar refractivity (Wildman–Crippen MR) is 78.2 cm³/mol. The number of benzene rings is 2. The summed E-state index contributed by atoms with van der Waals surface area (Å²) >= 11 is 6.36. The molecule has 0 heterocycles. The van der Waals surface area contributed by atoms with Gasteiger partial charge in [-0.3, -0.25) is 4.79 Å². The third kappa shape index (κ3) is 2.87. The zero-order chi connectivity index (χ0) is 14.0. The van der Waals surface area contributed by atoms with Crippen molar-refractivity contribution in [3.05, 3.63) is 62.3 Å². The van der Waals surface area contributed by atoms with E-state index in [0.29, 0.717) is 11.3 Å².